The van der Waals surface area contributed by atoms with E-state index in [9.17, 15) is 4.79 Å². The molecule has 4 rings (SSSR count). The summed E-state index contributed by atoms with van der Waals surface area (Å²) in [4.78, 5) is 14.9. The second-order valence-corrected chi connectivity index (χ2v) is 7.26. The Morgan fingerprint density at radius 2 is 1.67 bits per heavy atom. The molecule has 2 aromatic carbocycles. The van der Waals surface area contributed by atoms with Crippen LogP contribution < -0.4 is 0 Å². The highest BCUT2D eigenvalue weighted by Crippen LogP contribution is 2.37. The molecule has 3 aromatic rings. The maximum atomic E-state index is 13.1. The molecule has 0 saturated carbocycles. The molecule has 0 N–H and O–H groups in total. The number of fused-ring (bicyclic) bond motifs is 2. The van der Waals surface area contributed by atoms with Crippen LogP contribution in [0.2, 0.25) is 0 Å². The van der Waals surface area contributed by atoms with Crippen LogP contribution >= 0.6 is 0 Å². The van der Waals surface area contributed by atoms with Crippen LogP contribution in [0.25, 0.3) is 0 Å². The Kier molecular flexibility index (Phi) is 4.80. The summed E-state index contributed by atoms with van der Waals surface area (Å²) in [7, 11) is 1.84. The highest BCUT2D eigenvalue weighted by molar-refractivity contribution is 5.78. The maximum absolute atomic E-state index is 13.1. The third kappa shape index (κ3) is 3.39. The molecule has 0 fully saturated rings. The summed E-state index contributed by atoms with van der Waals surface area (Å²) in [5, 5.41) is 3.98. The molecular formula is C23H24N2O2. The first-order valence-corrected chi connectivity index (χ1v) is 9.46. The van der Waals surface area contributed by atoms with E-state index in [-0.39, 0.29) is 17.9 Å². The molecule has 1 heterocycles. The van der Waals surface area contributed by atoms with E-state index in [1.165, 1.54) is 22.3 Å². The van der Waals surface area contributed by atoms with Gasteiger partial charge in [0.1, 0.15) is 12.0 Å². The number of hydrogen-bond donors (Lipinski definition) is 0. The van der Waals surface area contributed by atoms with Crippen molar-refractivity contribution in [1.82, 2.24) is 10.1 Å². The summed E-state index contributed by atoms with van der Waals surface area (Å²) in [6, 6.07) is 18.8. The number of carbonyl (C=O) groups is 1. The van der Waals surface area contributed by atoms with Gasteiger partial charge >= 0.3 is 0 Å². The fraction of sp³-hybridized carbons (Fsp3) is 0.304. The third-order valence-electron chi connectivity index (χ3n) is 5.76. The van der Waals surface area contributed by atoms with Gasteiger partial charge in [-0.3, -0.25) is 4.79 Å². The minimum absolute atomic E-state index is 0.0827. The molecule has 1 aromatic heterocycles. The van der Waals surface area contributed by atoms with Gasteiger partial charge in [-0.15, -0.1) is 0 Å². The van der Waals surface area contributed by atoms with Gasteiger partial charge in [-0.25, -0.2) is 0 Å². The van der Waals surface area contributed by atoms with E-state index in [0.29, 0.717) is 6.42 Å². The van der Waals surface area contributed by atoms with E-state index in [2.05, 4.69) is 53.7 Å². The van der Waals surface area contributed by atoms with E-state index in [0.717, 1.165) is 18.5 Å². The van der Waals surface area contributed by atoms with E-state index in [1.807, 2.05) is 20.0 Å². The number of aromatic nitrogens is 1. The van der Waals surface area contributed by atoms with Gasteiger partial charge in [-0.2, -0.15) is 0 Å². The average molecular weight is 360 g/mol. The SMILES string of the molecule is CC(c1ccon1)N(C)C(=O)CC1c2ccccc2CCc2ccccc21. The number of carbonyl (C=O) groups excluding carboxylic acids is 1. The van der Waals surface area contributed by atoms with Crippen molar-refractivity contribution in [2.45, 2.75) is 38.1 Å². The Labute approximate surface area is 159 Å². The zero-order valence-corrected chi connectivity index (χ0v) is 15.8. The fourth-order valence-electron chi connectivity index (χ4n) is 4.03. The fourth-order valence-corrected chi connectivity index (χ4v) is 4.03. The quantitative estimate of drug-likeness (QED) is 0.687. The molecule has 1 aliphatic rings. The largest absolute Gasteiger partial charge is 0.364 e. The van der Waals surface area contributed by atoms with Crippen LogP contribution in [0, 0.1) is 0 Å². The smallest absolute Gasteiger partial charge is 0.223 e. The summed E-state index contributed by atoms with van der Waals surface area (Å²) < 4.78 is 4.94. The van der Waals surface area contributed by atoms with Crippen LogP contribution in [-0.4, -0.2) is 23.0 Å². The topological polar surface area (TPSA) is 46.3 Å². The molecule has 0 aliphatic heterocycles. The summed E-state index contributed by atoms with van der Waals surface area (Å²) in [6.45, 7) is 1.98. The van der Waals surface area contributed by atoms with Crippen molar-refractivity contribution in [2.24, 2.45) is 0 Å². The van der Waals surface area contributed by atoms with Gasteiger partial charge in [0.25, 0.3) is 0 Å². The molecule has 1 atom stereocenters. The van der Waals surface area contributed by atoms with Crippen LogP contribution in [0.15, 0.2) is 65.4 Å². The molecule has 0 bridgehead atoms. The van der Waals surface area contributed by atoms with Crippen molar-refractivity contribution < 1.29 is 9.32 Å². The molecular weight excluding hydrogens is 336 g/mol. The third-order valence-corrected chi connectivity index (χ3v) is 5.76. The monoisotopic (exact) mass is 360 g/mol. The zero-order chi connectivity index (χ0) is 18.8. The molecule has 138 valence electrons. The zero-order valence-electron chi connectivity index (χ0n) is 15.8. The number of nitrogens with zero attached hydrogens (tertiary/aromatic N) is 2. The van der Waals surface area contributed by atoms with Gasteiger partial charge in [0, 0.05) is 25.5 Å². The van der Waals surface area contributed by atoms with Crippen LogP contribution in [0.5, 0.6) is 0 Å². The Bertz CT molecular complexity index is 886. The second-order valence-electron chi connectivity index (χ2n) is 7.26. The van der Waals surface area contributed by atoms with E-state index in [1.54, 1.807) is 11.2 Å². The highest BCUT2D eigenvalue weighted by Gasteiger charge is 2.28. The van der Waals surface area contributed by atoms with Gasteiger partial charge in [0.2, 0.25) is 5.91 Å². The number of benzene rings is 2. The lowest BCUT2D eigenvalue weighted by Crippen LogP contribution is -2.31. The number of hydrogen-bond acceptors (Lipinski definition) is 3. The van der Waals surface area contributed by atoms with Crippen molar-refractivity contribution in [3.05, 3.63) is 88.8 Å². The molecule has 0 saturated heterocycles. The first kappa shape index (κ1) is 17.5. The number of aryl methyl sites for hydroxylation is 2. The molecule has 1 unspecified atom stereocenters. The van der Waals surface area contributed by atoms with Gasteiger partial charge < -0.3 is 9.42 Å². The summed E-state index contributed by atoms with van der Waals surface area (Å²) >= 11 is 0. The van der Waals surface area contributed by atoms with Gasteiger partial charge in [-0.1, -0.05) is 53.7 Å². The predicted molar refractivity (Wildman–Crippen MR) is 104 cm³/mol. The molecule has 0 spiro atoms. The average Bonchev–Trinajstić information content (AvgIpc) is 3.19. The maximum Gasteiger partial charge on any atom is 0.223 e. The summed E-state index contributed by atoms with van der Waals surface area (Å²) in [5.41, 5.74) is 6.02. The Morgan fingerprint density at radius 1 is 1.07 bits per heavy atom. The van der Waals surface area contributed by atoms with Crippen molar-refractivity contribution in [1.29, 1.82) is 0 Å². The summed E-state index contributed by atoms with van der Waals surface area (Å²) in [6.07, 6.45) is 4.03. The van der Waals surface area contributed by atoms with Crippen LogP contribution in [0.3, 0.4) is 0 Å². The van der Waals surface area contributed by atoms with Crippen LogP contribution in [0.4, 0.5) is 0 Å². The van der Waals surface area contributed by atoms with Crippen molar-refractivity contribution in [3.63, 3.8) is 0 Å². The van der Waals surface area contributed by atoms with E-state index >= 15 is 0 Å². The van der Waals surface area contributed by atoms with Crippen molar-refractivity contribution >= 4 is 5.91 Å². The Balaban J connectivity index is 1.65. The molecule has 0 radical (unpaired) electrons. The first-order valence-electron chi connectivity index (χ1n) is 9.46. The normalized spacial score (nSPS) is 14.7. The number of rotatable bonds is 4. The Hall–Kier alpha value is -2.88. The molecule has 4 nitrogen and oxygen atoms in total. The van der Waals surface area contributed by atoms with Gasteiger partial charge in [0.15, 0.2) is 0 Å². The molecule has 4 heteroatoms. The molecule has 27 heavy (non-hydrogen) atoms. The predicted octanol–water partition coefficient (Wildman–Crippen LogP) is 4.51. The minimum Gasteiger partial charge on any atom is -0.364 e. The lowest BCUT2D eigenvalue weighted by atomic mass is 9.85. The minimum atomic E-state index is -0.118. The molecule has 1 amide bonds. The second kappa shape index (κ2) is 7.39. The van der Waals surface area contributed by atoms with Gasteiger partial charge in [0.05, 0.1) is 6.04 Å². The molecule has 1 aliphatic carbocycles. The van der Waals surface area contributed by atoms with Crippen LogP contribution in [-0.2, 0) is 17.6 Å². The lowest BCUT2D eigenvalue weighted by molar-refractivity contribution is -0.132. The van der Waals surface area contributed by atoms with Crippen molar-refractivity contribution in [2.75, 3.05) is 7.05 Å². The van der Waals surface area contributed by atoms with E-state index < -0.39 is 0 Å². The lowest BCUT2D eigenvalue weighted by Gasteiger charge is -2.27. The first-order chi connectivity index (χ1) is 13.1. The number of amides is 1. The summed E-state index contributed by atoms with van der Waals surface area (Å²) in [5.74, 6) is 0.196. The van der Waals surface area contributed by atoms with E-state index in [4.69, 9.17) is 4.52 Å². The standard InChI is InChI=1S/C23H24N2O2/c1-16(22-13-14-27-24-22)25(2)23(26)15-21-19-9-5-3-7-17(19)11-12-18-8-4-6-10-20(18)21/h3-10,13-14,16,21H,11-12,15H2,1-2H3. The van der Waals surface area contributed by atoms with Crippen molar-refractivity contribution in [3.8, 4) is 0 Å². The Morgan fingerprint density at radius 3 is 2.22 bits per heavy atom. The highest BCUT2D eigenvalue weighted by atomic mass is 16.5. The van der Waals surface area contributed by atoms with Crippen LogP contribution in [0.1, 0.15) is 53.3 Å². The van der Waals surface area contributed by atoms with Gasteiger partial charge in [-0.05, 0) is 42.0 Å².